The van der Waals surface area contributed by atoms with Gasteiger partial charge in [-0.15, -0.1) is 0 Å². The number of benzene rings is 1. The Morgan fingerprint density at radius 2 is 2.05 bits per heavy atom. The van der Waals surface area contributed by atoms with Gasteiger partial charge in [0.15, 0.2) is 0 Å². The number of thioether (sulfide) groups is 1. The van der Waals surface area contributed by atoms with Crippen LogP contribution in [0, 0.1) is 0 Å². The van der Waals surface area contributed by atoms with Crippen LogP contribution in [-0.2, 0) is 6.54 Å². The molecule has 1 fully saturated rings. The maximum Gasteiger partial charge on any atom is 0.124 e. The summed E-state index contributed by atoms with van der Waals surface area (Å²) in [5, 5.41) is 5.26. The molecule has 0 radical (unpaired) electrons. The number of hydrogen-bond acceptors (Lipinski definition) is 3. The molecule has 0 unspecified atom stereocenters. The molecule has 0 amide bonds. The molecule has 0 aliphatic heterocycles. The molecule has 0 heterocycles. The molecule has 1 N–H and O–H groups in total. The molecule has 2 nitrogen and oxygen atoms in total. The highest BCUT2D eigenvalue weighted by Gasteiger charge is 2.20. The topological polar surface area (TPSA) is 21.3 Å². The Morgan fingerprint density at radius 1 is 1.32 bits per heavy atom. The summed E-state index contributed by atoms with van der Waals surface area (Å²) in [6.45, 7) is 0.789. The molecule has 1 aliphatic carbocycles. The summed E-state index contributed by atoms with van der Waals surface area (Å²) in [7, 11) is 1.69. The van der Waals surface area contributed by atoms with E-state index >= 15 is 0 Å². The van der Waals surface area contributed by atoms with Crippen LogP contribution in [0.15, 0.2) is 18.2 Å². The van der Waals surface area contributed by atoms with Crippen molar-refractivity contribution < 1.29 is 4.74 Å². The number of methoxy groups -OCH3 is 1. The molecule has 106 valence electrons. The minimum Gasteiger partial charge on any atom is -0.496 e. The van der Waals surface area contributed by atoms with Crippen molar-refractivity contribution in [1.29, 1.82) is 0 Å². The van der Waals surface area contributed by atoms with Crippen LogP contribution in [0.1, 0.15) is 31.2 Å². The highest BCUT2D eigenvalue weighted by Crippen LogP contribution is 2.29. The lowest BCUT2D eigenvalue weighted by molar-refractivity contribution is 0.370. The van der Waals surface area contributed by atoms with E-state index in [4.69, 9.17) is 16.3 Å². The van der Waals surface area contributed by atoms with Gasteiger partial charge in [-0.25, -0.2) is 0 Å². The normalized spacial score (nSPS) is 23.3. The third-order valence-electron chi connectivity index (χ3n) is 3.87. The van der Waals surface area contributed by atoms with Crippen molar-refractivity contribution >= 4 is 23.4 Å². The lowest BCUT2D eigenvalue weighted by atomic mass is 9.95. The Bertz CT molecular complexity index is 405. The van der Waals surface area contributed by atoms with Gasteiger partial charge in [0.1, 0.15) is 5.75 Å². The van der Waals surface area contributed by atoms with Crippen molar-refractivity contribution in [2.75, 3.05) is 13.4 Å². The molecule has 1 aromatic carbocycles. The van der Waals surface area contributed by atoms with E-state index in [0.29, 0.717) is 6.04 Å². The van der Waals surface area contributed by atoms with Crippen LogP contribution in [0.3, 0.4) is 0 Å². The number of rotatable bonds is 5. The summed E-state index contributed by atoms with van der Waals surface area (Å²) in [5.41, 5.74) is 1.07. The standard InChI is InChI=1S/C15H22ClNOS/c1-18-15-5-3-4-14(16)13(15)10-17-11-6-8-12(19-2)9-7-11/h3-5,11-12,17H,6-10H2,1-2H3. The number of halogens is 1. The van der Waals surface area contributed by atoms with Gasteiger partial charge in [-0.3, -0.25) is 0 Å². The first kappa shape index (κ1) is 15.0. The Labute approximate surface area is 125 Å². The van der Waals surface area contributed by atoms with Gasteiger partial charge in [-0.2, -0.15) is 11.8 Å². The van der Waals surface area contributed by atoms with Gasteiger partial charge < -0.3 is 10.1 Å². The fourth-order valence-corrected chi connectivity index (χ4v) is 3.63. The van der Waals surface area contributed by atoms with Crippen LogP contribution in [0.2, 0.25) is 5.02 Å². The molecular formula is C15H22ClNOS. The van der Waals surface area contributed by atoms with E-state index in [1.165, 1.54) is 25.7 Å². The van der Waals surface area contributed by atoms with Gasteiger partial charge >= 0.3 is 0 Å². The lowest BCUT2D eigenvalue weighted by Gasteiger charge is -2.28. The molecule has 1 saturated carbocycles. The molecule has 0 aromatic heterocycles. The maximum atomic E-state index is 6.25. The SMILES string of the molecule is COc1cccc(Cl)c1CNC1CCC(SC)CC1. The summed E-state index contributed by atoms with van der Waals surface area (Å²) in [6, 6.07) is 6.43. The molecule has 0 saturated heterocycles. The Balaban J connectivity index is 1.89. The van der Waals surface area contributed by atoms with Crippen molar-refractivity contribution in [3.63, 3.8) is 0 Å². The fraction of sp³-hybridized carbons (Fsp3) is 0.600. The van der Waals surface area contributed by atoms with Gasteiger partial charge in [-0.1, -0.05) is 17.7 Å². The monoisotopic (exact) mass is 299 g/mol. The average Bonchev–Trinajstić information content (AvgIpc) is 2.46. The van der Waals surface area contributed by atoms with E-state index in [2.05, 4.69) is 11.6 Å². The molecule has 4 heteroatoms. The second-order valence-corrected chi connectivity index (χ2v) is 6.56. The lowest BCUT2D eigenvalue weighted by Crippen LogP contribution is -2.33. The van der Waals surface area contributed by atoms with E-state index in [9.17, 15) is 0 Å². The number of nitrogens with one attached hydrogen (secondary N) is 1. The summed E-state index contributed by atoms with van der Waals surface area (Å²) in [6.07, 6.45) is 7.38. The molecule has 0 bridgehead atoms. The van der Waals surface area contributed by atoms with Gasteiger partial charge in [0, 0.05) is 28.4 Å². The fourth-order valence-electron chi connectivity index (χ4n) is 2.65. The highest BCUT2D eigenvalue weighted by atomic mass is 35.5. The van der Waals surface area contributed by atoms with Crippen LogP contribution in [0.5, 0.6) is 5.75 Å². The third-order valence-corrected chi connectivity index (χ3v) is 5.36. The van der Waals surface area contributed by atoms with E-state index < -0.39 is 0 Å². The Hall–Kier alpha value is -0.380. The van der Waals surface area contributed by atoms with E-state index in [1.54, 1.807) is 7.11 Å². The van der Waals surface area contributed by atoms with E-state index in [-0.39, 0.29) is 0 Å². The molecule has 2 rings (SSSR count). The molecule has 1 aliphatic rings. The molecular weight excluding hydrogens is 278 g/mol. The number of hydrogen-bond donors (Lipinski definition) is 1. The zero-order chi connectivity index (χ0) is 13.7. The van der Waals surface area contributed by atoms with Crippen molar-refractivity contribution in [3.8, 4) is 5.75 Å². The summed E-state index contributed by atoms with van der Waals surface area (Å²) in [4.78, 5) is 0. The zero-order valence-corrected chi connectivity index (χ0v) is 13.2. The average molecular weight is 300 g/mol. The Morgan fingerprint density at radius 3 is 2.68 bits per heavy atom. The maximum absolute atomic E-state index is 6.25. The Kier molecular flexibility index (Phi) is 5.86. The van der Waals surface area contributed by atoms with Gasteiger partial charge in [0.05, 0.1) is 7.11 Å². The van der Waals surface area contributed by atoms with Crippen LogP contribution >= 0.6 is 23.4 Å². The first-order valence-corrected chi connectivity index (χ1v) is 8.48. The van der Waals surface area contributed by atoms with E-state index in [0.717, 1.165) is 28.1 Å². The second-order valence-electron chi connectivity index (χ2n) is 5.01. The molecule has 0 spiro atoms. The van der Waals surface area contributed by atoms with Crippen LogP contribution in [0.4, 0.5) is 0 Å². The van der Waals surface area contributed by atoms with Crippen LogP contribution < -0.4 is 10.1 Å². The zero-order valence-electron chi connectivity index (χ0n) is 11.6. The van der Waals surface area contributed by atoms with Gasteiger partial charge in [0.2, 0.25) is 0 Å². The second kappa shape index (κ2) is 7.41. The predicted molar refractivity (Wildman–Crippen MR) is 84.4 cm³/mol. The quantitative estimate of drug-likeness (QED) is 0.884. The first-order chi connectivity index (χ1) is 9.24. The van der Waals surface area contributed by atoms with Crippen molar-refractivity contribution in [2.45, 2.75) is 43.5 Å². The predicted octanol–water partition coefficient (Wildman–Crippen LogP) is 4.11. The van der Waals surface area contributed by atoms with Crippen molar-refractivity contribution in [1.82, 2.24) is 5.32 Å². The van der Waals surface area contributed by atoms with Crippen LogP contribution in [-0.4, -0.2) is 24.7 Å². The van der Waals surface area contributed by atoms with Gasteiger partial charge in [-0.05, 0) is 44.1 Å². The summed E-state index contributed by atoms with van der Waals surface area (Å²) in [5.74, 6) is 0.873. The van der Waals surface area contributed by atoms with Crippen molar-refractivity contribution in [2.24, 2.45) is 0 Å². The van der Waals surface area contributed by atoms with Gasteiger partial charge in [0.25, 0.3) is 0 Å². The van der Waals surface area contributed by atoms with Crippen LogP contribution in [0.25, 0.3) is 0 Å². The summed E-state index contributed by atoms with van der Waals surface area (Å²) < 4.78 is 5.37. The molecule has 1 aromatic rings. The minimum absolute atomic E-state index is 0.615. The third kappa shape index (κ3) is 4.04. The molecule has 0 atom stereocenters. The highest BCUT2D eigenvalue weighted by molar-refractivity contribution is 7.99. The molecule has 19 heavy (non-hydrogen) atoms. The van der Waals surface area contributed by atoms with E-state index in [1.807, 2.05) is 30.0 Å². The largest absolute Gasteiger partial charge is 0.496 e. The smallest absolute Gasteiger partial charge is 0.124 e. The first-order valence-electron chi connectivity index (χ1n) is 6.82. The summed E-state index contributed by atoms with van der Waals surface area (Å²) >= 11 is 8.25. The van der Waals surface area contributed by atoms with Crippen molar-refractivity contribution in [3.05, 3.63) is 28.8 Å². The minimum atomic E-state index is 0.615. The number of ether oxygens (including phenoxy) is 1.